The molecule has 1 aliphatic rings. The number of aromatic nitrogens is 2. The van der Waals surface area contributed by atoms with Crippen molar-refractivity contribution < 1.29 is 14.1 Å². The summed E-state index contributed by atoms with van der Waals surface area (Å²) < 4.78 is 5.26. The van der Waals surface area contributed by atoms with Crippen molar-refractivity contribution in [2.24, 2.45) is 0 Å². The first-order valence-electron chi connectivity index (χ1n) is 8.71. The summed E-state index contributed by atoms with van der Waals surface area (Å²) in [5, 5.41) is 6.75. The van der Waals surface area contributed by atoms with Crippen molar-refractivity contribution in [3.8, 4) is 11.5 Å². The van der Waals surface area contributed by atoms with E-state index in [1.165, 1.54) is 0 Å². The highest BCUT2D eigenvalue weighted by atomic mass is 16.5. The highest BCUT2D eigenvalue weighted by molar-refractivity contribution is 6.07. The molecule has 1 saturated heterocycles. The standard InChI is InChI=1S/C20H18N4O3/c1-2-20(15-11-7-4-8-12-15)18(25)24(19(26)22-20)13-16-21-17(27-23-16)14-9-5-3-6-10-14/h3-12H,2,13H2,1H3,(H,22,26). The van der Waals surface area contributed by atoms with Crippen LogP contribution in [0.4, 0.5) is 4.79 Å². The zero-order valence-electron chi connectivity index (χ0n) is 14.8. The molecule has 1 aliphatic heterocycles. The number of urea groups is 1. The number of amides is 3. The van der Waals surface area contributed by atoms with Crippen LogP contribution >= 0.6 is 0 Å². The number of nitrogens with zero attached hydrogens (tertiary/aromatic N) is 3. The molecule has 1 aromatic heterocycles. The van der Waals surface area contributed by atoms with Gasteiger partial charge in [-0.2, -0.15) is 4.98 Å². The Morgan fingerprint density at radius 3 is 2.37 bits per heavy atom. The second kappa shape index (κ2) is 6.68. The number of hydrogen-bond acceptors (Lipinski definition) is 5. The maximum absolute atomic E-state index is 13.1. The molecule has 0 radical (unpaired) electrons. The molecule has 0 saturated carbocycles. The van der Waals surface area contributed by atoms with E-state index in [1.54, 1.807) is 0 Å². The summed E-state index contributed by atoms with van der Waals surface area (Å²) in [6.07, 6.45) is 0.444. The predicted octanol–water partition coefficient (Wildman–Crippen LogP) is 3.09. The van der Waals surface area contributed by atoms with E-state index in [0.717, 1.165) is 16.0 Å². The van der Waals surface area contributed by atoms with Gasteiger partial charge >= 0.3 is 6.03 Å². The molecule has 3 amide bonds. The summed E-state index contributed by atoms with van der Waals surface area (Å²) in [5.41, 5.74) is 0.469. The van der Waals surface area contributed by atoms with Crippen molar-refractivity contribution in [3.05, 3.63) is 72.1 Å². The Hall–Kier alpha value is -3.48. The Morgan fingerprint density at radius 2 is 1.70 bits per heavy atom. The Balaban J connectivity index is 1.59. The van der Waals surface area contributed by atoms with Gasteiger partial charge in [-0.3, -0.25) is 9.69 Å². The van der Waals surface area contributed by atoms with Crippen LogP contribution < -0.4 is 5.32 Å². The molecule has 1 atom stereocenters. The summed E-state index contributed by atoms with van der Waals surface area (Å²) in [4.78, 5) is 31.1. The minimum absolute atomic E-state index is 0.0460. The van der Waals surface area contributed by atoms with E-state index < -0.39 is 11.6 Å². The molecular formula is C20H18N4O3. The molecule has 3 aromatic rings. The molecule has 7 nitrogen and oxygen atoms in total. The fourth-order valence-electron chi connectivity index (χ4n) is 3.29. The lowest BCUT2D eigenvalue weighted by Crippen LogP contribution is -2.43. The first-order valence-corrected chi connectivity index (χ1v) is 8.71. The number of hydrogen-bond donors (Lipinski definition) is 1. The van der Waals surface area contributed by atoms with Gasteiger partial charge in [0.15, 0.2) is 5.82 Å². The maximum atomic E-state index is 13.1. The van der Waals surface area contributed by atoms with Crippen molar-refractivity contribution in [2.45, 2.75) is 25.4 Å². The molecule has 2 heterocycles. The molecule has 136 valence electrons. The number of benzene rings is 2. The largest absolute Gasteiger partial charge is 0.334 e. The van der Waals surface area contributed by atoms with Crippen LogP contribution in [0.1, 0.15) is 24.7 Å². The smallest absolute Gasteiger partial charge is 0.325 e. The van der Waals surface area contributed by atoms with Gasteiger partial charge in [0.2, 0.25) is 0 Å². The van der Waals surface area contributed by atoms with E-state index >= 15 is 0 Å². The van der Waals surface area contributed by atoms with Crippen LogP contribution in [-0.2, 0) is 16.9 Å². The summed E-state index contributed by atoms with van der Waals surface area (Å²) >= 11 is 0. The molecule has 2 aromatic carbocycles. The summed E-state index contributed by atoms with van der Waals surface area (Å²) in [5.74, 6) is 0.312. The average Bonchev–Trinajstić information content (AvgIpc) is 3.28. The lowest BCUT2D eigenvalue weighted by atomic mass is 9.87. The molecule has 7 heteroatoms. The zero-order valence-corrected chi connectivity index (χ0v) is 14.8. The van der Waals surface area contributed by atoms with Crippen molar-refractivity contribution >= 4 is 11.9 Å². The van der Waals surface area contributed by atoms with E-state index in [4.69, 9.17) is 4.52 Å². The van der Waals surface area contributed by atoms with E-state index in [1.807, 2.05) is 67.6 Å². The van der Waals surface area contributed by atoms with Crippen molar-refractivity contribution in [2.75, 3.05) is 0 Å². The number of carbonyl (C=O) groups excluding carboxylic acids is 2. The first-order chi connectivity index (χ1) is 13.1. The third kappa shape index (κ3) is 2.87. The van der Waals surface area contributed by atoms with E-state index in [2.05, 4.69) is 15.5 Å². The summed E-state index contributed by atoms with van der Waals surface area (Å²) in [7, 11) is 0. The van der Waals surface area contributed by atoms with Crippen LogP contribution in [0.3, 0.4) is 0 Å². The second-order valence-corrected chi connectivity index (χ2v) is 6.33. The predicted molar refractivity (Wildman–Crippen MR) is 97.2 cm³/mol. The van der Waals surface area contributed by atoms with Crippen LogP contribution in [0.15, 0.2) is 65.2 Å². The van der Waals surface area contributed by atoms with Crippen LogP contribution in [0.2, 0.25) is 0 Å². The monoisotopic (exact) mass is 362 g/mol. The molecule has 27 heavy (non-hydrogen) atoms. The molecule has 1 unspecified atom stereocenters. The molecule has 1 fully saturated rings. The minimum Gasteiger partial charge on any atom is -0.334 e. The van der Waals surface area contributed by atoms with Gasteiger partial charge in [0, 0.05) is 5.56 Å². The molecule has 0 aliphatic carbocycles. The third-order valence-corrected chi connectivity index (χ3v) is 4.76. The molecule has 4 rings (SSSR count). The summed E-state index contributed by atoms with van der Waals surface area (Å²) in [6, 6.07) is 18.1. The van der Waals surface area contributed by atoms with E-state index in [9.17, 15) is 9.59 Å². The topological polar surface area (TPSA) is 88.3 Å². The van der Waals surface area contributed by atoms with Gasteiger partial charge in [-0.1, -0.05) is 60.6 Å². The van der Waals surface area contributed by atoms with E-state index in [0.29, 0.717) is 12.3 Å². The highest BCUT2D eigenvalue weighted by Crippen LogP contribution is 2.33. The average molecular weight is 362 g/mol. The fourth-order valence-corrected chi connectivity index (χ4v) is 3.29. The minimum atomic E-state index is -1.07. The van der Waals surface area contributed by atoms with Gasteiger partial charge in [-0.15, -0.1) is 0 Å². The Bertz CT molecular complexity index is 971. The zero-order chi connectivity index (χ0) is 18.9. The van der Waals surface area contributed by atoms with E-state index in [-0.39, 0.29) is 18.3 Å². The molecule has 0 bridgehead atoms. The Kier molecular flexibility index (Phi) is 4.19. The van der Waals surface area contributed by atoms with Gasteiger partial charge in [0.25, 0.3) is 11.8 Å². The number of nitrogens with one attached hydrogen (secondary N) is 1. The van der Waals surface area contributed by atoms with Gasteiger partial charge in [-0.05, 0) is 24.1 Å². The number of imide groups is 1. The fraction of sp³-hybridized carbons (Fsp3) is 0.200. The third-order valence-electron chi connectivity index (χ3n) is 4.76. The van der Waals surface area contributed by atoms with Crippen LogP contribution in [0.25, 0.3) is 11.5 Å². The molecule has 0 spiro atoms. The van der Waals surface area contributed by atoms with Crippen LogP contribution in [0, 0.1) is 0 Å². The van der Waals surface area contributed by atoms with Crippen molar-refractivity contribution in [1.29, 1.82) is 0 Å². The van der Waals surface area contributed by atoms with Crippen LogP contribution in [0.5, 0.6) is 0 Å². The quantitative estimate of drug-likeness (QED) is 0.705. The summed E-state index contributed by atoms with van der Waals surface area (Å²) in [6.45, 7) is 1.83. The van der Waals surface area contributed by atoms with Gasteiger partial charge < -0.3 is 9.84 Å². The number of rotatable bonds is 5. The van der Waals surface area contributed by atoms with Gasteiger partial charge in [0.05, 0.1) is 6.54 Å². The first kappa shape index (κ1) is 17.0. The second-order valence-electron chi connectivity index (χ2n) is 6.33. The maximum Gasteiger partial charge on any atom is 0.325 e. The Labute approximate surface area is 156 Å². The van der Waals surface area contributed by atoms with Gasteiger partial charge in [-0.25, -0.2) is 4.79 Å². The molecular weight excluding hydrogens is 344 g/mol. The van der Waals surface area contributed by atoms with Crippen LogP contribution in [-0.4, -0.2) is 27.0 Å². The SMILES string of the molecule is CCC1(c2ccccc2)NC(=O)N(Cc2noc(-c3ccccc3)n2)C1=O. The number of carbonyl (C=O) groups is 2. The lowest BCUT2D eigenvalue weighted by Gasteiger charge is -2.25. The van der Waals surface area contributed by atoms with Gasteiger partial charge in [0.1, 0.15) is 5.54 Å². The normalized spacial score (nSPS) is 19.4. The highest BCUT2D eigenvalue weighted by Gasteiger charge is 2.51. The lowest BCUT2D eigenvalue weighted by molar-refractivity contribution is -0.132. The Morgan fingerprint density at radius 1 is 1.04 bits per heavy atom. The van der Waals surface area contributed by atoms with Crippen molar-refractivity contribution in [3.63, 3.8) is 0 Å². The molecule has 1 N–H and O–H groups in total. The van der Waals surface area contributed by atoms with Crippen molar-refractivity contribution in [1.82, 2.24) is 20.4 Å².